The summed E-state index contributed by atoms with van der Waals surface area (Å²) in [6.07, 6.45) is 5.73. The van der Waals surface area contributed by atoms with Crippen LogP contribution in [0.25, 0.3) is 5.65 Å². The topological polar surface area (TPSA) is 70.9 Å². The summed E-state index contributed by atoms with van der Waals surface area (Å²) in [6.45, 7) is 5.53. The highest BCUT2D eigenvalue weighted by Gasteiger charge is 2.02. The molecule has 98 valence electrons. The minimum Gasteiger partial charge on any atom is -0.308 e. The Hall–Kier alpha value is -2.21. The number of H-pyrrole nitrogens is 1. The Balaban J connectivity index is 1.66. The summed E-state index contributed by atoms with van der Waals surface area (Å²) >= 11 is 0. The van der Waals surface area contributed by atoms with Crippen molar-refractivity contribution in [2.24, 2.45) is 0 Å². The monoisotopic (exact) mass is 256 g/mol. The Morgan fingerprint density at radius 3 is 2.95 bits per heavy atom. The second-order valence-electron chi connectivity index (χ2n) is 4.67. The summed E-state index contributed by atoms with van der Waals surface area (Å²) in [5.74, 6) is 0. The first-order valence-corrected chi connectivity index (χ1v) is 6.23. The Kier molecular flexibility index (Phi) is 3.00. The molecule has 0 amide bonds. The van der Waals surface area contributed by atoms with Crippen molar-refractivity contribution in [3.05, 3.63) is 47.2 Å². The van der Waals surface area contributed by atoms with E-state index < -0.39 is 0 Å². The van der Waals surface area contributed by atoms with Crippen LogP contribution in [0.5, 0.6) is 0 Å². The molecular formula is C13H16N6. The molecule has 0 saturated carbocycles. The third-order valence-corrected chi connectivity index (χ3v) is 3.07. The van der Waals surface area contributed by atoms with E-state index in [2.05, 4.69) is 25.6 Å². The van der Waals surface area contributed by atoms with Crippen molar-refractivity contribution in [2.45, 2.75) is 26.9 Å². The Morgan fingerprint density at radius 2 is 2.16 bits per heavy atom. The molecule has 0 atom stereocenters. The number of aryl methyl sites for hydroxylation is 2. The van der Waals surface area contributed by atoms with Crippen molar-refractivity contribution in [1.29, 1.82) is 0 Å². The first-order valence-electron chi connectivity index (χ1n) is 6.23. The molecule has 19 heavy (non-hydrogen) atoms. The zero-order valence-electron chi connectivity index (χ0n) is 11.0. The lowest BCUT2D eigenvalue weighted by Gasteiger charge is -2.04. The van der Waals surface area contributed by atoms with Crippen LogP contribution in [0.3, 0.4) is 0 Å². The van der Waals surface area contributed by atoms with Gasteiger partial charge in [0.1, 0.15) is 0 Å². The number of rotatable bonds is 4. The van der Waals surface area contributed by atoms with Gasteiger partial charge in [0.25, 0.3) is 0 Å². The molecule has 3 aromatic heterocycles. The molecule has 0 aromatic carbocycles. The zero-order chi connectivity index (χ0) is 13.2. The van der Waals surface area contributed by atoms with E-state index in [-0.39, 0.29) is 0 Å². The molecular weight excluding hydrogens is 240 g/mol. The number of nitrogens with zero attached hydrogens (tertiary/aromatic N) is 4. The molecule has 0 spiro atoms. The third-order valence-electron chi connectivity index (χ3n) is 3.07. The average molecular weight is 256 g/mol. The van der Waals surface area contributed by atoms with Crippen molar-refractivity contribution in [1.82, 2.24) is 30.1 Å². The standard InChI is InChI=1S/C13H16N6/c1-9-3-13-15-5-11(8-19(13)18-9)4-14-6-12-7-16-17-10(12)2/h3,5,7-8,14H,4,6H2,1-2H3,(H,16,17). The van der Waals surface area contributed by atoms with E-state index in [1.54, 1.807) is 0 Å². The highest BCUT2D eigenvalue weighted by molar-refractivity contribution is 5.38. The molecule has 0 bridgehead atoms. The predicted octanol–water partition coefficient (Wildman–Crippen LogP) is 1.36. The Morgan fingerprint density at radius 1 is 1.26 bits per heavy atom. The normalized spacial score (nSPS) is 11.3. The molecule has 6 heteroatoms. The molecule has 0 aliphatic rings. The largest absolute Gasteiger partial charge is 0.308 e. The van der Waals surface area contributed by atoms with Crippen LogP contribution in [0, 0.1) is 13.8 Å². The van der Waals surface area contributed by atoms with Crippen LogP contribution in [0.15, 0.2) is 24.7 Å². The summed E-state index contributed by atoms with van der Waals surface area (Å²) in [5.41, 5.74) is 5.25. The molecule has 0 saturated heterocycles. The maximum Gasteiger partial charge on any atom is 0.155 e. The maximum atomic E-state index is 4.38. The quantitative estimate of drug-likeness (QED) is 0.739. The van der Waals surface area contributed by atoms with Crippen LogP contribution in [0.4, 0.5) is 0 Å². The van der Waals surface area contributed by atoms with Crippen LogP contribution in [-0.4, -0.2) is 24.8 Å². The van der Waals surface area contributed by atoms with E-state index in [1.807, 2.05) is 43.0 Å². The summed E-state index contributed by atoms with van der Waals surface area (Å²) in [7, 11) is 0. The molecule has 0 aliphatic carbocycles. The van der Waals surface area contributed by atoms with Gasteiger partial charge in [0, 0.05) is 48.4 Å². The lowest BCUT2D eigenvalue weighted by atomic mass is 10.2. The van der Waals surface area contributed by atoms with Crippen molar-refractivity contribution >= 4 is 5.65 Å². The number of aromatic nitrogens is 5. The summed E-state index contributed by atoms with van der Waals surface area (Å²) in [6, 6.07) is 1.96. The lowest BCUT2D eigenvalue weighted by molar-refractivity contribution is 0.683. The first-order chi connectivity index (χ1) is 9.22. The molecule has 2 N–H and O–H groups in total. The number of hydrogen-bond donors (Lipinski definition) is 2. The van der Waals surface area contributed by atoms with E-state index in [0.29, 0.717) is 0 Å². The third kappa shape index (κ3) is 2.48. The van der Waals surface area contributed by atoms with Gasteiger partial charge in [-0.2, -0.15) is 10.2 Å². The van der Waals surface area contributed by atoms with Crippen LogP contribution >= 0.6 is 0 Å². The molecule has 0 fully saturated rings. The van der Waals surface area contributed by atoms with E-state index in [9.17, 15) is 0 Å². The Labute approximate surface area is 110 Å². The number of aromatic amines is 1. The highest BCUT2D eigenvalue weighted by atomic mass is 15.2. The van der Waals surface area contributed by atoms with Gasteiger partial charge >= 0.3 is 0 Å². The van der Waals surface area contributed by atoms with Crippen LogP contribution in [0.2, 0.25) is 0 Å². The highest BCUT2D eigenvalue weighted by Crippen LogP contribution is 2.06. The molecule has 0 unspecified atom stereocenters. The number of fused-ring (bicyclic) bond motifs is 1. The minimum atomic E-state index is 0.756. The van der Waals surface area contributed by atoms with Gasteiger partial charge in [-0.05, 0) is 13.8 Å². The van der Waals surface area contributed by atoms with E-state index >= 15 is 0 Å². The molecule has 0 radical (unpaired) electrons. The van der Waals surface area contributed by atoms with Gasteiger partial charge in [0.2, 0.25) is 0 Å². The molecule has 0 aliphatic heterocycles. The van der Waals surface area contributed by atoms with E-state index in [1.165, 1.54) is 5.56 Å². The van der Waals surface area contributed by atoms with Gasteiger partial charge in [-0.25, -0.2) is 9.50 Å². The molecule has 3 aromatic rings. The van der Waals surface area contributed by atoms with Crippen LogP contribution in [-0.2, 0) is 13.1 Å². The van der Waals surface area contributed by atoms with Crippen molar-refractivity contribution < 1.29 is 0 Å². The predicted molar refractivity (Wildman–Crippen MR) is 71.6 cm³/mol. The fraction of sp³-hybridized carbons (Fsp3) is 0.308. The maximum absolute atomic E-state index is 4.38. The first kappa shape index (κ1) is 11.9. The van der Waals surface area contributed by atoms with Crippen molar-refractivity contribution in [2.75, 3.05) is 0 Å². The Bertz CT molecular complexity index is 696. The zero-order valence-corrected chi connectivity index (χ0v) is 11.0. The summed E-state index contributed by atoms with van der Waals surface area (Å²) < 4.78 is 1.81. The fourth-order valence-corrected chi connectivity index (χ4v) is 2.02. The van der Waals surface area contributed by atoms with Gasteiger partial charge in [0.05, 0.1) is 11.9 Å². The van der Waals surface area contributed by atoms with Gasteiger partial charge in [0.15, 0.2) is 5.65 Å². The van der Waals surface area contributed by atoms with Gasteiger partial charge in [-0.15, -0.1) is 0 Å². The summed E-state index contributed by atoms with van der Waals surface area (Å²) in [4.78, 5) is 4.38. The van der Waals surface area contributed by atoms with Gasteiger partial charge in [-0.1, -0.05) is 0 Å². The minimum absolute atomic E-state index is 0.756. The average Bonchev–Trinajstić information content (AvgIpc) is 2.94. The van der Waals surface area contributed by atoms with Crippen molar-refractivity contribution in [3.63, 3.8) is 0 Å². The SMILES string of the molecule is Cc1cc2ncc(CNCc3cn[nH]c3C)cn2n1. The van der Waals surface area contributed by atoms with E-state index in [4.69, 9.17) is 0 Å². The molecule has 6 nitrogen and oxygen atoms in total. The number of hydrogen-bond acceptors (Lipinski definition) is 4. The van der Waals surface area contributed by atoms with Crippen LogP contribution < -0.4 is 5.32 Å². The second-order valence-corrected chi connectivity index (χ2v) is 4.67. The van der Waals surface area contributed by atoms with E-state index in [0.717, 1.165) is 35.7 Å². The second kappa shape index (κ2) is 4.81. The lowest BCUT2D eigenvalue weighted by Crippen LogP contribution is -2.13. The smallest absolute Gasteiger partial charge is 0.155 e. The van der Waals surface area contributed by atoms with Gasteiger partial charge in [-0.3, -0.25) is 5.10 Å². The van der Waals surface area contributed by atoms with Gasteiger partial charge < -0.3 is 5.32 Å². The van der Waals surface area contributed by atoms with Crippen molar-refractivity contribution in [3.8, 4) is 0 Å². The number of nitrogens with one attached hydrogen (secondary N) is 2. The molecule has 3 heterocycles. The molecule has 3 rings (SSSR count). The summed E-state index contributed by atoms with van der Waals surface area (Å²) in [5, 5.41) is 14.7. The van der Waals surface area contributed by atoms with Crippen LogP contribution in [0.1, 0.15) is 22.5 Å². The fourth-order valence-electron chi connectivity index (χ4n) is 2.02.